The van der Waals surface area contributed by atoms with Crippen molar-refractivity contribution >= 4 is 11.9 Å². The first-order valence-corrected chi connectivity index (χ1v) is 40.3. The highest BCUT2D eigenvalue weighted by Crippen LogP contribution is 2.20. The number of unbranched alkanes of at least 4 members (excludes halogenated alkanes) is 61. The predicted octanol–water partition coefficient (Wildman–Crippen LogP) is 26.6. The highest BCUT2D eigenvalue weighted by Gasteiger charge is 2.18. The molecule has 6 heteroatoms. The van der Waals surface area contributed by atoms with Crippen LogP contribution in [0.5, 0.6) is 0 Å². The maximum atomic E-state index is 12.5. The Labute approximate surface area is 551 Å². The maximum Gasteiger partial charge on any atom is 0.305 e. The third-order valence-electron chi connectivity index (χ3n) is 18.9. The highest BCUT2D eigenvalue weighted by molar-refractivity contribution is 5.76. The molecule has 0 heterocycles. The number of nitrogens with one attached hydrogen (secondary N) is 1. The zero-order valence-corrected chi connectivity index (χ0v) is 59.7. The van der Waals surface area contributed by atoms with E-state index >= 15 is 0 Å². The fourth-order valence-electron chi connectivity index (χ4n) is 12.7. The van der Waals surface area contributed by atoms with Gasteiger partial charge >= 0.3 is 5.97 Å². The van der Waals surface area contributed by atoms with Crippen LogP contribution in [0.4, 0.5) is 0 Å². The first-order valence-electron chi connectivity index (χ1n) is 40.3. The number of aliphatic hydroxyl groups excluding tert-OH is 2. The lowest BCUT2D eigenvalue weighted by Gasteiger charge is -2.20. The lowest BCUT2D eigenvalue weighted by Crippen LogP contribution is -2.45. The third kappa shape index (κ3) is 73.1. The molecule has 88 heavy (non-hydrogen) atoms. The van der Waals surface area contributed by atoms with Gasteiger partial charge in [-0.05, 0) is 83.5 Å². The molecule has 0 aliphatic heterocycles. The van der Waals surface area contributed by atoms with Gasteiger partial charge in [-0.2, -0.15) is 0 Å². The van der Waals surface area contributed by atoms with Crippen molar-refractivity contribution in [3.05, 3.63) is 36.5 Å². The third-order valence-corrected chi connectivity index (χ3v) is 18.9. The quantitative estimate of drug-likeness (QED) is 0.0320. The van der Waals surface area contributed by atoms with Crippen LogP contribution in [-0.4, -0.2) is 47.4 Å². The number of ether oxygens (including phenoxy) is 1. The number of aliphatic hydroxyl groups is 2. The van der Waals surface area contributed by atoms with E-state index in [-0.39, 0.29) is 18.5 Å². The van der Waals surface area contributed by atoms with Crippen molar-refractivity contribution in [3.8, 4) is 0 Å². The van der Waals surface area contributed by atoms with Crippen LogP contribution in [0, 0.1) is 0 Å². The van der Waals surface area contributed by atoms with Crippen molar-refractivity contribution in [3.63, 3.8) is 0 Å². The van der Waals surface area contributed by atoms with Gasteiger partial charge in [-0.15, -0.1) is 0 Å². The Morgan fingerprint density at radius 1 is 0.307 bits per heavy atom. The fraction of sp³-hybridized carbons (Fsp3) is 0.902. The average molecular weight is 1240 g/mol. The van der Waals surface area contributed by atoms with Crippen LogP contribution in [0.1, 0.15) is 450 Å². The van der Waals surface area contributed by atoms with E-state index in [0.29, 0.717) is 19.4 Å². The van der Waals surface area contributed by atoms with Crippen LogP contribution in [0.25, 0.3) is 0 Å². The van der Waals surface area contributed by atoms with Crippen molar-refractivity contribution in [1.82, 2.24) is 5.32 Å². The number of allylic oxidation sites excluding steroid dienone is 5. The number of carbonyl (C=O) groups is 2. The molecule has 0 rings (SSSR count). The molecule has 0 saturated heterocycles. The molecule has 2 unspecified atom stereocenters. The van der Waals surface area contributed by atoms with Crippen LogP contribution < -0.4 is 5.32 Å². The minimum atomic E-state index is -0.842. The molecular formula is C82H157NO5. The Kier molecular flexibility index (Phi) is 75.8. The van der Waals surface area contributed by atoms with E-state index in [1.54, 1.807) is 6.08 Å². The van der Waals surface area contributed by atoms with Gasteiger partial charge in [-0.25, -0.2) is 0 Å². The summed E-state index contributed by atoms with van der Waals surface area (Å²) in [6.45, 7) is 4.93. The summed E-state index contributed by atoms with van der Waals surface area (Å²) in [6, 6.07) is -0.625. The molecule has 0 aromatic heterocycles. The molecule has 1 amide bonds. The molecule has 3 N–H and O–H groups in total. The van der Waals surface area contributed by atoms with Gasteiger partial charge in [0.05, 0.1) is 25.4 Å². The zero-order chi connectivity index (χ0) is 63.5. The Morgan fingerprint density at radius 3 is 0.818 bits per heavy atom. The maximum absolute atomic E-state index is 12.5. The minimum Gasteiger partial charge on any atom is -0.466 e. The van der Waals surface area contributed by atoms with Crippen LogP contribution in [0.2, 0.25) is 0 Å². The fourth-order valence-corrected chi connectivity index (χ4v) is 12.7. The lowest BCUT2D eigenvalue weighted by molar-refractivity contribution is -0.143. The molecule has 6 nitrogen and oxygen atoms in total. The normalized spacial score (nSPS) is 12.6. The van der Waals surface area contributed by atoms with Gasteiger partial charge in [-0.3, -0.25) is 9.59 Å². The molecule has 0 spiro atoms. The summed E-state index contributed by atoms with van der Waals surface area (Å²) in [4.78, 5) is 24.6. The van der Waals surface area contributed by atoms with E-state index < -0.39 is 12.1 Å². The van der Waals surface area contributed by atoms with E-state index in [2.05, 4.69) is 43.5 Å². The smallest absolute Gasteiger partial charge is 0.305 e. The van der Waals surface area contributed by atoms with Crippen LogP contribution in [0.3, 0.4) is 0 Å². The highest BCUT2D eigenvalue weighted by atomic mass is 16.5. The topological polar surface area (TPSA) is 95.9 Å². The summed E-state index contributed by atoms with van der Waals surface area (Å²) >= 11 is 0. The molecular weight excluding hydrogens is 1080 g/mol. The van der Waals surface area contributed by atoms with Gasteiger partial charge in [0.15, 0.2) is 0 Å². The molecule has 520 valence electrons. The van der Waals surface area contributed by atoms with Gasteiger partial charge in [0.2, 0.25) is 5.91 Å². The predicted molar refractivity (Wildman–Crippen MR) is 389 cm³/mol. The van der Waals surface area contributed by atoms with Crippen molar-refractivity contribution < 1.29 is 24.5 Å². The zero-order valence-electron chi connectivity index (χ0n) is 59.7. The number of rotatable bonds is 76. The number of hydrogen-bond donors (Lipinski definition) is 3. The summed E-state index contributed by atoms with van der Waals surface area (Å²) in [5.41, 5.74) is 0. The summed E-state index contributed by atoms with van der Waals surface area (Å²) in [5, 5.41) is 23.3. The monoisotopic (exact) mass is 1240 g/mol. The molecule has 2 atom stereocenters. The van der Waals surface area contributed by atoms with Gasteiger partial charge in [0.1, 0.15) is 0 Å². The molecule has 0 aliphatic rings. The van der Waals surface area contributed by atoms with Crippen molar-refractivity contribution in [1.29, 1.82) is 0 Å². The summed E-state index contributed by atoms with van der Waals surface area (Å²) in [6.07, 6.45) is 101. The Balaban J connectivity index is 3.34. The van der Waals surface area contributed by atoms with E-state index in [4.69, 9.17) is 4.74 Å². The molecule has 0 fully saturated rings. The van der Waals surface area contributed by atoms with Crippen LogP contribution in [0.15, 0.2) is 36.5 Å². The van der Waals surface area contributed by atoms with Crippen LogP contribution >= 0.6 is 0 Å². The number of esters is 1. The van der Waals surface area contributed by atoms with E-state index in [1.807, 2.05) is 6.08 Å². The second kappa shape index (κ2) is 77.5. The van der Waals surface area contributed by atoms with Gasteiger partial charge in [0.25, 0.3) is 0 Å². The Bertz CT molecular complexity index is 1430. The standard InChI is InChI=1S/C82H157NO5/c1-3-5-7-9-11-13-15-17-18-19-41-44-47-51-54-58-62-66-70-74-80(85)79(78-84)83-81(86)75-71-67-63-59-55-52-48-45-42-39-37-35-33-31-29-27-25-23-21-20-22-24-26-28-30-32-34-36-38-40-43-46-49-53-57-61-65-69-73-77-88-82(87)76-72-68-64-60-56-50-16-14-12-10-8-6-4-2/h14,16,20-21,70,74,79-80,84-85H,3-13,15,17-19,22-69,71-73,75-78H2,1-2H3,(H,83,86)/b16-14-,21-20-,74-70+. The van der Waals surface area contributed by atoms with E-state index in [0.717, 1.165) is 44.9 Å². The number of amides is 1. The van der Waals surface area contributed by atoms with Crippen molar-refractivity contribution in [2.45, 2.75) is 463 Å². The van der Waals surface area contributed by atoms with Gasteiger partial charge in [-0.1, -0.05) is 391 Å². The Hall–Kier alpha value is -1.92. The Morgan fingerprint density at radius 2 is 0.534 bits per heavy atom. The molecule has 0 aliphatic carbocycles. The second-order valence-electron chi connectivity index (χ2n) is 27.7. The molecule has 0 radical (unpaired) electrons. The summed E-state index contributed by atoms with van der Waals surface area (Å²) in [7, 11) is 0. The largest absolute Gasteiger partial charge is 0.466 e. The van der Waals surface area contributed by atoms with E-state index in [9.17, 15) is 19.8 Å². The second-order valence-corrected chi connectivity index (χ2v) is 27.7. The average Bonchev–Trinajstić information content (AvgIpc) is 3.59. The van der Waals surface area contributed by atoms with Crippen LogP contribution in [-0.2, 0) is 14.3 Å². The molecule has 0 saturated carbocycles. The van der Waals surface area contributed by atoms with Gasteiger partial charge < -0.3 is 20.3 Å². The van der Waals surface area contributed by atoms with E-state index in [1.165, 1.54) is 379 Å². The van der Waals surface area contributed by atoms with Crippen molar-refractivity contribution in [2.75, 3.05) is 13.2 Å². The SMILES string of the molecule is CCCCCC/C=C\CCCCCCCC(=O)OCCCCCCCCCCCCCCCCCCCC/C=C\CCCCCCCCCCCCCCCCCCCC(=O)NC(CO)C(O)/C=C/CCCCCCCCCCCCCCCCCCC. The van der Waals surface area contributed by atoms with Crippen molar-refractivity contribution in [2.24, 2.45) is 0 Å². The molecule has 0 aromatic carbocycles. The molecule has 0 bridgehead atoms. The van der Waals surface area contributed by atoms with Gasteiger partial charge in [0, 0.05) is 12.8 Å². The first-order chi connectivity index (χ1) is 43.5. The lowest BCUT2D eigenvalue weighted by atomic mass is 10.0. The number of carbonyl (C=O) groups excluding carboxylic acids is 2. The summed E-state index contributed by atoms with van der Waals surface area (Å²) in [5.74, 6) is -0.0459. The molecule has 0 aromatic rings. The first kappa shape index (κ1) is 86.1. The number of hydrogen-bond acceptors (Lipinski definition) is 5. The summed E-state index contributed by atoms with van der Waals surface area (Å²) < 4.78 is 5.49. The minimum absolute atomic E-state index is 0.0136.